The lowest BCUT2D eigenvalue weighted by atomic mass is 9.85. The van der Waals surface area contributed by atoms with Crippen LogP contribution in [0.1, 0.15) is 68.7 Å². The maximum absolute atomic E-state index is 7.34. The largest absolute Gasteiger partial charge is 0.454 e. The summed E-state index contributed by atoms with van der Waals surface area (Å²) in [5, 5.41) is 10.7. The Bertz CT molecular complexity index is 5040. The monoisotopic (exact) mass is 1130 g/mol. The Morgan fingerprint density at radius 1 is 0.352 bits per heavy atom. The van der Waals surface area contributed by atoms with Crippen LogP contribution in [0, 0.1) is 0 Å². The van der Waals surface area contributed by atoms with E-state index in [1.54, 1.807) is 0 Å². The Morgan fingerprint density at radius 3 is 1.32 bits per heavy atom. The predicted octanol–water partition coefficient (Wildman–Crippen LogP) is 23.4. The fourth-order valence-electron chi connectivity index (χ4n) is 14.2. The lowest BCUT2D eigenvalue weighted by Gasteiger charge is -2.37. The topological polar surface area (TPSA) is 32.8 Å². The van der Waals surface area contributed by atoms with Crippen molar-refractivity contribution in [1.29, 1.82) is 0 Å². The van der Waals surface area contributed by atoms with Crippen LogP contribution in [0.3, 0.4) is 0 Å². The maximum Gasteiger partial charge on any atom is 0.159 e. The summed E-state index contributed by atoms with van der Waals surface area (Å²) in [7, 11) is 0. The Kier molecular flexibility index (Phi) is 13.5. The number of hydrogen-bond donors (Lipinski definition) is 0. The van der Waals surface area contributed by atoms with E-state index >= 15 is 0 Å². The summed E-state index contributed by atoms with van der Waals surface area (Å²) in [5.41, 5.74) is 22.0. The van der Waals surface area contributed by atoms with Crippen LogP contribution in [0.4, 0.5) is 28.4 Å². The first-order chi connectivity index (χ1) is 43.6. The second-order valence-corrected chi connectivity index (χ2v) is 23.9. The molecule has 0 saturated carbocycles. The minimum absolute atomic E-state index is 0.127. The summed E-state index contributed by atoms with van der Waals surface area (Å²) in [6.45, 7) is 4.53. The van der Waals surface area contributed by atoms with Gasteiger partial charge in [0.25, 0.3) is 0 Å². The molecule has 13 aromatic carbocycles. The molecule has 0 aliphatic heterocycles. The summed E-state index contributed by atoms with van der Waals surface area (Å²) in [4.78, 5) is 5.11. The first-order valence-corrected chi connectivity index (χ1v) is 31.5. The summed E-state index contributed by atoms with van der Waals surface area (Å²) < 4.78 is 14.7. The van der Waals surface area contributed by atoms with Crippen molar-refractivity contribution in [3.63, 3.8) is 0 Å². The highest BCUT2D eigenvalue weighted by molar-refractivity contribution is 6.19. The van der Waals surface area contributed by atoms with Crippen molar-refractivity contribution in [3.8, 4) is 44.5 Å². The van der Waals surface area contributed by atoms with E-state index in [1.165, 1.54) is 54.6 Å². The van der Waals surface area contributed by atoms with Gasteiger partial charge in [0.2, 0.25) is 0 Å². The molecule has 2 heterocycles. The van der Waals surface area contributed by atoms with Crippen LogP contribution in [-0.2, 0) is 12.8 Å². The number of unbranched alkanes of at least 4 members (excludes halogenated alkanes) is 2. The summed E-state index contributed by atoms with van der Waals surface area (Å²) in [6.07, 6.45) is 9.63. The van der Waals surface area contributed by atoms with E-state index < -0.39 is 0 Å². The summed E-state index contributed by atoms with van der Waals surface area (Å²) in [5.74, 6) is 0. The average Bonchev–Trinajstić information content (AvgIpc) is 1.22. The van der Waals surface area contributed by atoms with Crippen molar-refractivity contribution in [1.82, 2.24) is 0 Å². The molecule has 1 aliphatic rings. The van der Waals surface area contributed by atoms with Crippen molar-refractivity contribution in [3.05, 3.63) is 289 Å². The van der Waals surface area contributed by atoms with Gasteiger partial charge in [0, 0.05) is 38.3 Å². The lowest BCUT2D eigenvalue weighted by molar-refractivity contribution is 0.651. The van der Waals surface area contributed by atoms with Crippen LogP contribution in [-0.4, -0.2) is 0 Å². The number of rotatable bonds is 16. The zero-order valence-electron chi connectivity index (χ0n) is 49.7. The van der Waals surface area contributed by atoms with Gasteiger partial charge in [-0.3, -0.25) is 0 Å². The van der Waals surface area contributed by atoms with Crippen molar-refractivity contribution < 1.29 is 8.83 Å². The molecule has 88 heavy (non-hydrogen) atoms. The highest BCUT2D eigenvalue weighted by Gasteiger charge is 2.32. The first-order valence-electron chi connectivity index (χ1n) is 31.5. The molecule has 1 unspecified atom stereocenters. The predicted molar refractivity (Wildman–Crippen MR) is 372 cm³/mol. The Balaban J connectivity index is 0.954. The van der Waals surface area contributed by atoms with E-state index in [9.17, 15) is 0 Å². The van der Waals surface area contributed by atoms with Crippen molar-refractivity contribution in [2.24, 2.45) is 0 Å². The standard InChI is InChI=1S/C84H66N2O2/c1-3-5-23-61-33-19-35-69-71-37-21-39-77(83(71)87-81(61)69)85(67-51-63(55-25-11-7-12-26-55)49-64(52-67)56-27-13-8-14-28-56)75-47-43-59-42-46-74-76(48-44-60-41-45-73(75)79(59)80(60)74)86(78-40-22-38-72-70-36-20-34-62(24-6-4-2)82(70)88-84(72)78)68-53-65(57-29-15-9-16-30-57)50-66(54-68)58-31-17-10-18-32-58/h7-22,25-47,49-54,76H,3-6,23-24,48H2,1-2H3. The van der Waals surface area contributed by atoms with E-state index in [-0.39, 0.29) is 6.04 Å². The molecule has 0 bridgehead atoms. The van der Waals surface area contributed by atoms with Gasteiger partial charge in [-0.25, -0.2) is 0 Å². The smallest absolute Gasteiger partial charge is 0.159 e. The third kappa shape index (κ3) is 9.22. The Hall–Kier alpha value is -10.4. The highest BCUT2D eigenvalue weighted by atomic mass is 16.3. The number of fused-ring (bicyclic) bond motifs is 6. The van der Waals surface area contributed by atoms with Gasteiger partial charge in [-0.05, 0) is 169 Å². The third-order valence-corrected chi connectivity index (χ3v) is 18.5. The number of para-hydroxylation sites is 4. The SMILES string of the molecule is CCCCc1cccc2c1oc1c(N(c3cc(-c4ccccc4)cc(-c4ccccc4)c3)c3ccc4ccc5c6c(ccc3c46)=CCC5N(c3cc(-c4ccccc4)cc(-c4ccccc4)c3)c3cccc4c3oc3c(CCCC)cccc34)cccc12. The Labute approximate surface area is 513 Å². The number of furan rings is 2. The van der Waals surface area contributed by atoms with E-state index in [1.807, 2.05) is 0 Å². The van der Waals surface area contributed by atoms with Gasteiger partial charge in [-0.15, -0.1) is 0 Å². The van der Waals surface area contributed by atoms with Gasteiger partial charge in [0.1, 0.15) is 11.2 Å². The fraction of sp³-hybridized carbons (Fsp3) is 0.119. The van der Waals surface area contributed by atoms with Crippen LogP contribution >= 0.6 is 0 Å². The van der Waals surface area contributed by atoms with Crippen molar-refractivity contribution >= 4 is 99.9 Å². The molecule has 4 heteroatoms. The normalized spacial score (nSPS) is 13.1. The van der Waals surface area contributed by atoms with Crippen LogP contribution in [0.2, 0.25) is 0 Å². The molecule has 0 fully saturated rings. The molecule has 4 nitrogen and oxygen atoms in total. The van der Waals surface area contributed by atoms with E-state index in [4.69, 9.17) is 8.83 Å². The second kappa shape index (κ2) is 22.5. The van der Waals surface area contributed by atoms with Gasteiger partial charge in [0.05, 0.1) is 23.1 Å². The number of nitrogens with zero attached hydrogens (tertiary/aromatic N) is 2. The van der Waals surface area contributed by atoms with E-state index in [0.29, 0.717) is 0 Å². The van der Waals surface area contributed by atoms with Crippen LogP contribution in [0.5, 0.6) is 0 Å². The molecule has 1 atom stereocenters. The van der Waals surface area contributed by atoms with Gasteiger partial charge >= 0.3 is 0 Å². The van der Waals surface area contributed by atoms with Gasteiger partial charge in [-0.1, -0.05) is 245 Å². The summed E-state index contributed by atoms with van der Waals surface area (Å²) >= 11 is 0. The van der Waals surface area contributed by atoms with Crippen LogP contribution in [0.25, 0.3) is 116 Å². The number of hydrogen-bond acceptors (Lipinski definition) is 4. The van der Waals surface area contributed by atoms with E-state index in [2.05, 4.69) is 297 Å². The van der Waals surface area contributed by atoms with Gasteiger partial charge in [0.15, 0.2) is 11.2 Å². The molecule has 16 rings (SSSR count). The molecular weight excluding hydrogens is 1070 g/mol. The van der Waals surface area contributed by atoms with Crippen molar-refractivity contribution in [2.75, 3.05) is 9.80 Å². The molecular formula is C84H66N2O2. The van der Waals surface area contributed by atoms with Gasteiger partial charge < -0.3 is 18.6 Å². The molecule has 0 amide bonds. The molecule has 15 aromatic rings. The lowest BCUT2D eigenvalue weighted by Crippen LogP contribution is -2.28. The quantitative estimate of drug-likeness (QED) is 0.0965. The van der Waals surface area contributed by atoms with Crippen LogP contribution in [0.15, 0.2) is 276 Å². The molecule has 2 aromatic heterocycles. The molecule has 0 N–H and O–H groups in total. The molecule has 0 radical (unpaired) electrons. The second-order valence-electron chi connectivity index (χ2n) is 23.9. The molecule has 0 spiro atoms. The third-order valence-electron chi connectivity index (χ3n) is 18.5. The maximum atomic E-state index is 7.34. The molecule has 424 valence electrons. The van der Waals surface area contributed by atoms with E-state index in [0.717, 1.165) is 151 Å². The number of aryl methyl sites for hydroxylation is 2. The average molecular weight is 1140 g/mol. The molecule has 0 saturated heterocycles. The number of benzene rings is 13. The van der Waals surface area contributed by atoms with Gasteiger partial charge in [-0.2, -0.15) is 0 Å². The minimum Gasteiger partial charge on any atom is -0.454 e. The Morgan fingerprint density at radius 2 is 0.807 bits per heavy atom. The summed E-state index contributed by atoms with van der Waals surface area (Å²) in [6, 6.07) is 98.6. The van der Waals surface area contributed by atoms with Crippen LogP contribution < -0.4 is 15.0 Å². The van der Waals surface area contributed by atoms with Crippen molar-refractivity contribution in [2.45, 2.75) is 64.8 Å². The first kappa shape index (κ1) is 53.1. The molecule has 1 aliphatic carbocycles. The minimum atomic E-state index is -0.127. The zero-order valence-corrected chi connectivity index (χ0v) is 49.7. The number of anilines is 5. The zero-order chi connectivity index (χ0) is 58.7. The fourth-order valence-corrected chi connectivity index (χ4v) is 14.2. The highest BCUT2D eigenvalue weighted by Crippen LogP contribution is 2.51.